The zero-order valence-electron chi connectivity index (χ0n) is 13.1. The van der Waals surface area contributed by atoms with Gasteiger partial charge in [-0.1, -0.05) is 18.2 Å². The van der Waals surface area contributed by atoms with Crippen molar-refractivity contribution >= 4 is 16.7 Å². The van der Waals surface area contributed by atoms with Gasteiger partial charge in [0.05, 0.1) is 11.2 Å². The molecule has 3 aromatic rings. The molecule has 2 heterocycles. The summed E-state index contributed by atoms with van der Waals surface area (Å²) in [6, 6.07) is 15.7. The summed E-state index contributed by atoms with van der Waals surface area (Å²) < 4.78 is 13.2. The molecule has 1 aliphatic rings. The van der Waals surface area contributed by atoms with E-state index in [-0.39, 0.29) is 11.6 Å². The van der Waals surface area contributed by atoms with Gasteiger partial charge in [-0.15, -0.1) is 0 Å². The van der Waals surface area contributed by atoms with E-state index in [0.29, 0.717) is 23.6 Å². The van der Waals surface area contributed by atoms with Gasteiger partial charge in [-0.25, -0.2) is 9.37 Å². The molecule has 1 saturated heterocycles. The molecule has 1 aliphatic heterocycles. The number of ketones is 1. The Hall–Kier alpha value is -2.59. The first kappa shape index (κ1) is 15.0. The van der Waals surface area contributed by atoms with Crippen molar-refractivity contribution in [3.8, 4) is 11.3 Å². The number of carbonyl (C=O) groups excluding carboxylic acids is 1. The van der Waals surface area contributed by atoms with Crippen LogP contribution in [0.15, 0.2) is 54.6 Å². The molecule has 1 fully saturated rings. The lowest BCUT2D eigenvalue weighted by molar-refractivity contribution is 0.0947. The highest BCUT2D eigenvalue weighted by atomic mass is 19.1. The second kappa shape index (κ2) is 6.13. The van der Waals surface area contributed by atoms with Gasteiger partial charge in [-0.05, 0) is 55.4 Å². The third kappa shape index (κ3) is 2.81. The summed E-state index contributed by atoms with van der Waals surface area (Å²) in [5, 5.41) is 4.07. The van der Waals surface area contributed by atoms with Crippen LogP contribution in [0.4, 0.5) is 4.39 Å². The highest BCUT2D eigenvalue weighted by molar-refractivity contribution is 6.08. The van der Waals surface area contributed by atoms with Crippen molar-refractivity contribution in [3.05, 3.63) is 66.0 Å². The second-order valence-electron chi connectivity index (χ2n) is 6.23. The summed E-state index contributed by atoms with van der Waals surface area (Å²) in [5.74, 6) is 0.274. The van der Waals surface area contributed by atoms with Crippen LogP contribution >= 0.6 is 0 Å². The first-order chi connectivity index (χ1) is 11.7. The van der Waals surface area contributed by atoms with E-state index < -0.39 is 0 Å². The number of carbonyl (C=O) groups is 1. The van der Waals surface area contributed by atoms with Gasteiger partial charge >= 0.3 is 0 Å². The van der Waals surface area contributed by atoms with E-state index in [2.05, 4.69) is 10.3 Å². The Kier molecular flexibility index (Phi) is 3.82. The molecule has 0 radical (unpaired) electrons. The van der Waals surface area contributed by atoms with Crippen LogP contribution in [0.1, 0.15) is 16.8 Å². The minimum Gasteiger partial charge on any atom is -0.316 e. The third-order valence-electron chi connectivity index (χ3n) is 4.50. The van der Waals surface area contributed by atoms with Crippen LogP contribution in [0.25, 0.3) is 22.2 Å². The molecular weight excluding hydrogens is 303 g/mol. The van der Waals surface area contributed by atoms with Gasteiger partial charge in [-0.2, -0.15) is 0 Å². The minimum absolute atomic E-state index is 0.142. The molecule has 0 atom stereocenters. The number of pyridine rings is 1. The number of hydrogen-bond donors (Lipinski definition) is 1. The normalized spacial score (nSPS) is 14.5. The molecule has 2 aromatic carbocycles. The molecule has 1 aromatic heterocycles. The Morgan fingerprint density at radius 2 is 1.88 bits per heavy atom. The summed E-state index contributed by atoms with van der Waals surface area (Å²) in [6.45, 7) is 1.80. The highest BCUT2D eigenvalue weighted by Gasteiger charge is 2.22. The van der Waals surface area contributed by atoms with Crippen molar-refractivity contribution < 1.29 is 9.18 Å². The number of benzene rings is 2. The maximum absolute atomic E-state index is 13.2. The largest absolute Gasteiger partial charge is 0.316 e. The number of rotatable bonds is 4. The number of nitrogens with one attached hydrogen (secondary N) is 1. The van der Waals surface area contributed by atoms with Gasteiger partial charge in [0.1, 0.15) is 5.82 Å². The van der Waals surface area contributed by atoms with Crippen LogP contribution in [-0.2, 0) is 0 Å². The average Bonchev–Trinajstić information content (AvgIpc) is 2.57. The fourth-order valence-electron chi connectivity index (χ4n) is 3.04. The molecule has 0 spiro atoms. The second-order valence-corrected chi connectivity index (χ2v) is 6.23. The maximum atomic E-state index is 13.2. The van der Waals surface area contributed by atoms with Crippen LogP contribution in [0.5, 0.6) is 0 Å². The van der Waals surface area contributed by atoms with Crippen molar-refractivity contribution in [1.29, 1.82) is 0 Å². The molecule has 4 rings (SSSR count). The van der Waals surface area contributed by atoms with Gasteiger partial charge in [0, 0.05) is 22.9 Å². The lowest BCUT2D eigenvalue weighted by Crippen LogP contribution is -2.42. The SMILES string of the molecule is O=C(CC1CNC1)c1cc(-c2ccc(F)cc2)nc2ccccc12. The summed E-state index contributed by atoms with van der Waals surface area (Å²) in [6.07, 6.45) is 0.546. The smallest absolute Gasteiger partial charge is 0.164 e. The predicted octanol–water partition coefficient (Wildman–Crippen LogP) is 3.83. The summed E-state index contributed by atoms with van der Waals surface area (Å²) in [4.78, 5) is 17.4. The van der Waals surface area contributed by atoms with Crippen molar-refractivity contribution in [1.82, 2.24) is 10.3 Å². The standard InChI is InChI=1S/C20H17FN2O/c21-15-7-5-14(6-8-15)19-10-17(20(24)9-13-11-22-12-13)16-3-1-2-4-18(16)23-19/h1-8,10,13,22H,9,11-12H2. The molecule has 0 amide bonds. The minimum atomic E-state index is -0.284. The zero-order chi connectivity index (χ0) is 16.5. The van der Waals surface area contributed by atoms with Gasteiger partial charge < -0.3 is 5.32 Å². The summed E-state index contributed by atoms with van der Waals surface area (Å²) in [5.41, 5.74) is 2.99. The molecule has 120 valence electrons. The number of fused-ring (bicyclic) bond motifs is 1. The molecule has 0 unspecified atom stereocenters. The van der Waals surface area contributed by atoms with Gasteiger partial charge in [0.25, 0.3) is 0 Å². The van der Waals surface area contributed by atoms with Gasteiger partial charge in [0.15, 0.2) is 5.78 Å². The molecule has 0 aliphatic carbocycles. The highest BCUT2D eigenvalue weighted by Crippen LogP contribution is 2.27. The molecule has 24 heavy (non-hydrogen) atoms. The monoisotopic (exact) mass is 320 g/mol. The lowest BCUT2D eigenvalue weighted by Gasteiger charge is -2.26. The Morgan fingerprint density at radius 3 is 2.58 bits per heavy atom. The first-order valence-corrected chi connectivity index (χ1v) is 8.10. The number of hydrogen-bond acceptors (Lipinski definition) is 3. The maximum Gasteiger partial charge on any atom is 0.164 e. The number of aromatic nitrogens is 1. The van der Waals surface area contributed by atoms with E-state index in [0.717, 1.165) is 29.6 Å². The van der Waals surface area contributed by atoms with Gasteiger partial charge in [0.2, 0.25) is 0 Å². The molecule has 0 bridgehead atoms. The number of halogens is 1. The first-order valence-electron chi connectivity index (χ1n) is 8.10. The van der Waals surface area contributed by atoms with Crippen molar-refractivity contribution in [2.24, 2.45) is 5.92 Å². The van der Waals surface area contributed by atoms with Gasteiger partial charge in [-0.3, -0.25) is 4.79 Å². The van der Waals surface area contributed by atoms with Crippen LogP contribution in [0.3, 0.4) is 0 Å². The zero-order valence-corrected chi connectivity index (χ0v) is 13.1. The van der Waals surface area contributed by atoms with Crippen molar-refractivity contribution in [2.45, 2.75) is 6.42 Å². The van der Waals surface area contributed by atoms with E-state index >= 15 is 0 Å². The lowest BCUT2D eigenvalue weighted by atomic mass is 9.91. The van der Waals surface area contributed by atoms with E-state index in [1.807, 2.05) is 30.3 Å². The summed E-state index contributed by atoms with van der Waals surface area (Å²) >= 11 is 0. The predicted molar refractivity (Wildman–Crippen MR) is 92.4 cm³/mol. The van der Waals surface area contributed by atoms with Crippen LogP contribution < -0.4 is 5.32 Å². The Labute approximate surface area is 139 Å². The van der Waals surface area contributed by atoms with Crippen LogP contribution in [0.2, 0.25) is 0 Å². The Balaban J connectivity index is 1.81. The number of para-hydroxylation sites is 1. The molecule has 1 N–H and O–H groups in total. The fourth-order valence-corrected chi connectivity index (χ4v) is 3.04. The van der Waals surface area contributed by atoms with E-state index in [9.17, 15) is 9.18 Å². The van der Waals surface area contributed by atoms with Crippen LogP contribution in [-0.4, -0.2) is 23.9 Å². The van der Waals surface area contributed by atoms with E-state index in [4.69, 9.17) is 0 Å². The van der Waals surface area contributed by atoms with E-state index in [1.54, 1.807) is 12.1 Å². The number of nitrogens with zero attached hydrogens (tertiary/aromatic N) is 1. The molecular formula is C20H17FN2O. The van der Waals surface area contributed by atoms with Crippen LogP contribution in [0, 0.1) is 11.7 Å². The van der Waals surface area contributed by atoms with Crippen molar-refractivity contribution in [3.63, 3.8) is 0 Å². The quantitative estimate of drug-likeness (QED) is 0.743. The van der Waals surface area contributed by atoms with E-state index in [1.165, 1.54) is 12.1 Å². The Morgan fingerprint density at radius 1 is 1.12 bits per heavy atom. The third-order valence-corrected chi connectivity index (χ3v) is 4.50. The topological polar surface area (TPSA) is 42.0 Å². The number of Topliss-reactive ketones (excluding diaryl/α,β-unsaturated/α-hetero) is 1. The summed E-state index contributed by atoms with van der Waals surface area (Å²) in [7, 11) is 0. The van der Waals surface area contributed by atoms with Crippen molar-refractivity contribution in [2.75, 3.05) is 13.1 Å². The molecule has 4 heteroatoms. The molecule has 3 nitrogen and oxygen atoms in total. The fraction of sp³-hybridized carbons (Fsp3) is 0.200. The molecule has 0 saturated carbocycles. The average molecular weight is 320 g/mol. The Bertz CT molecular complexity index is 901.